The van der Waals surface area contributed by atoms with Crippen LogP contribution >= 0.6 is 21.4 Å². The molecule has 0 heterocycles. The Labute approximate surface area is 58.8 Å². The summed E-state index contributed by atoms with van der Waals surface area (Å²) >= 11 is 0. The molecule has 3 nitrogen and oxygen atoms in total. The fraction of sp³-hybridized carbons (Fsp3) is 0.500. The molecular formula is C2H4Cl2O3S. The number of carboxylic acids is 1. The zero-order valence-electron chi connectivity index (χ0n) is 3.93. The summed E-state index contributed by atoms with van der Waals surface area (Å²) in [6, 6.07) is 0. The van der Waals surface area contributed by atoms with E-state index in [1.807, 2.05) is 0 Å². The van der Waals surface area contributed by atoms with Crippen LogP contribution in [-0.4, -0.2) is 15.6 Å². The molecule has 6 heteroatoms. The van der Waals surface area contributed by atoms with E-state index in [1.54, 1.807) is 0 Å². The van der Waals surface area contributed by atoms with Crippen molar-refractivity contribution in [1.29, 1.82) is 0 Å². The van der Waals surface area contributed by atoms with Crippen LogP contribution in [0.4, 0.5) is 0 Å². The van der Waals surface area contributed by atoms with Gasteiger partial charge < -0.3 is 9.66 Å². The molecule has 0 aromatic rings. The molecule has 0 rings (SSSR count). The van der Waals surface area contributed by atoms with Gasteiger partial charge in [0.05, 0.1) is 0 Å². The lowest BCUT2D eigenvalue weighted by Gasteiger charge is -1.73. The first-order chi connectivity index (χ1) is 3.46. The van der Waals surface area contributed by atoms with Gasteiger partial charge in [-0.3, -0.25) is 4.79 Å². The van der Waals surface area contributed by atoms with Gasteiger partial charge in [-0.1, -0.05) is 0 Å². The van der Waals surface area contributed by atoms with Gasteiger partial charge in [-0.05, 0) is 0 Å². The average molecular weight is 179 g/mol. The summed E-state index contributed by atoms with van der Waals surface area (Å²) in [5.41, 5.74) is 0. The number of halogens is 2. The van der Waals surface area contributed by atoms with Crippen molar-refractivity contribution >= 4 is 36.9 Å². The topological polar surface area (TPSA) is 60.4 Å². The zero-order valence-corrected chi connectivity index (χ0v) is 6.26. The molecule has 0 atom stereocenters. The minimum absolute atomic E-state index is 0.833. The lowest BCUT2D eigenvalue weighted by atomic mass is 10.9. The molecule has 0 spiro atoms. The molecule has 0 aromatic carbocycles. The van der Waals surface area contributed by atoms with Crippen LogP contribution in [0.25, 0.3) is 0 Å². The Morgan fingerprint density at radius 2 is 1.75 bits per heavy atom. The highest BCUT2D eigenvalue weighted by atomic mass is 36.0. The van der Waals surface area contributed by atoms with Gasteiger partial charge in [0.15, 0.2) is 31.0 Å². The molecule has 0 radical (unpaired) electrons. The molecule has 0 bridgehead atoms. The average Bonchev–Trinajstić information content (AvgIpc) is 1.25. The fourth-order valence-electron chi connectivity index (χ4n) is 0. The highest BCUT2D eigenvalue weighted by molar-refractivity contribution is 8.31. The van der Waals surface area contributed by atoms with Crippen molar-refractivity contribution in [2.24, 2.45) is 0 Å². The molecule has 8 heavy (non-hydrogen) atoms. The Morgan fingerprint density at radius 3 is 1.75 bits per heavy atom. The van der Waals surface area contributed by atoms with E-state index in [9.17, 15) is 0 Å². The number of carbonyl (C=O) groups is 1. The SMILES string of the molecule is CC(=O)O.[O-][S+](Cl)Cl. The number of carboxylic acid groups (broad SMARTS) is 1. The minimum Gasteiger partial charge on any atom is -0.582 e. The molecule has 50 valence electrons. The van der Waals surface area contributed by atoms with Crippen LogP contribution in [-0.2, 0) is 14.4 Å². The second-order valence-corrected chi connectivity index (χ2v) is 3.23. The summed E-state index contributed by atoms with van der Waals surface area (Å²) in [4.78, 5) is 9.00. The molecule has 0 aliphatic carbocycles. The second-order valence-electron chi connectivity index (χ2n) is 0.703. The second kappa shape index (κ2) is 7.36. The van der Waals surface area contributed by atoms with E-state index in [0.717, 1.165) is 6.92 Å². The van der Waals surface area contributed by atoms with Gasteiger partial charge in [0.1, 0.15) is 0 Å². The van der Waals surface area contributed by atoms with Crippen LogP contribution in [0.1, 0.15) is 6.92 Å². The third-order valence-corrected chi connectivity index (χ3v) is 0. The van der Waals surface area contributed by atoms with Crippen molar-refractivity contribution in [3.8, 4) is 0 Å². The van der Waals surface area contributed by atoms with Crippen molar-refractivity contribution in [3.05, 3.63) is 0 Å². The number of hydrogen-bond acceptors (Lipinski definition) is 2. The molecule has 0 saturated carbocycles. The van der Waals surface area contributed by atoms with Crippen molar-refractivity contribution in [2.45, 2.75) is 6.92 Å². The normalized spacial score (nSPS) is 7.62. The third-order valence-electron chi connectivity index (χ3n) is 0. The largest absolute Gasteiger partial charge is 0.582 e. The summed E-state index contributed by atoms with van der Waals surface area (Å²) in [5, 5.41) is 7.42. The monoisotopic (exact) mass is 178 g/mol. The van der Waals surface area contributed by atoms with E-state index in [0.29, 0.717) is 0 Å². The Morgan fingerprint density at radius 1 is 1.75 bits per heavy atom. The Hall–Kier alpha value is 0.360. The summed E-state index contributed by atoms with van der Waals surface area (Å²) < 4.78 is 9.09. The molecule has 0 saturated heterocycles. The van der Waals surface area contributed by atoms with Gasteiger partial charge in [-0.2, -0.15) is 0 Å². The van der Waals surface area contributed by atoms with Crippen LogP contribution < -0.4 is 0 Å². The standard InChI is InChI=1S/C2H4O2.Cl2OS/c1-2(3)4;1-4(2)3/h1H3,(H,3,4);. The number of rotatable bonds is 0. The van der Waals surface area contributed by atoms with Crippen molar-refractivity contribution in [1.82, 2.24) is 0 Å². The third kappa shape index (κ3) is 1410. The smallest absolute Gasteiger partial charge is 0.300 e. The van der Waals surface area contributed by atoms with Gasteiger partial charge in [0.25, 0.3) is 5.97 Å². The van der Waals surface area contributed by atoms with Crippen LogP contribution in [0.5, 0.6) is 0 Å². The Balaban J connectivity index is 0. The molecule has 0 aliphatic rings. The maximum absolute atomic E-state index is 9.09. The molecule has 0 unspecified atom stereocenters. The summed E-state index contributed by atoms with van der Waals surface area (Å²) in [6.45, 7) is 1.08. The zero-order chi connectivity index (χ0) is 7.15. The van der Waals surface area contributed by atoms with E-state index in [-0.39, 0.29) is 0 Å². The highest BCUT2D eigenvalue weighted by Gasteiger charge is 1.83. The first-order valence-electron chi connectivity index (χ1n) is 1.40. The summed E-state index contributed by atoms with van der Waals surface area (Å²) in [7, 11) is 7.36. The summed E-state index contributed by atoms with van der Waals surface area (Å²) in [6.07, 6.45) is 0. The lowest BCUT2D eigenvalue weighted by Crippen LogP contribution is -1.78. The Bertz CT molecular complexity index is 59.5. The van der Waals surface area contributed by atoms with Gasteiger partial charge in [0, 0.05) is 6.92 Å². The molecule has 0 aliphatic heterocycles. The van der Waals surface area contributed by atoms with Crippen LogP contribution in [0.15, 0.2) is 0 Å². The van der Waals surface area contributed by atoms with Crippen LogP contribution in [0, 0.1) is 0 Å². The first kappa shape index (κ1) is 11.2. The lowest BCUT2D eigenvalue weighted by molar-refractivity contribution is -0.134. The highest BCUT2D eigenvalue weighted by Crippen LogP contribution is 1.98. The number of hydrogen-bond donors (Lipinski definition) is 1. The van der Waals surface area contributed by atoms with Crippen LogP contribution in [0.3, 0.4) is 0 Å². The first-order valence-corrected chi connectivity index (χ1v) is 4.21. The van der Waals surface area contributed by atoms with Gasteiger partial charge >= 0.3 is 0 Å². The van der Waals surface area contributed by atoms with Gasteiger partial charge in [0.2, 0.25) is 0 Å². The molecular weight excluding hydrogens is 175 g/mol. The fourth-order valence-corrected chi connectivity index (χ4v) is 0. The van der Waals surface area contributed by atoms with Crippen molar-refractivity contribution < 1.29 is 14.5 Å². The number of aliphatic carboxylic acids is 1. The quantitative estimate of drug-likeness (QED) is 0.567. The molecule has 0 amide bonds. The maximum Gasteiger partial charge on any atom is 0.300 e. The predicted molar refractivity (Wildman–Crippen MR) is 33.2 cm³/mol. The summed E-state index contributed by atoms with van der Waals surface area (Å²) in [5.74, 6) is -0.833. The molecule has 1 N–H and O–H groups in total. The van der Waals surface area contributed by atoms with E-state index >= 15 is 0 Å². The minimum atomic E-state index is -1.67. The van der Waals surface area contributed by atoms with Crippen LogP contribution in [0.2, 0.25) is 0 Å². The molecule has 0 aromatic heterocycles. The Kier molecular flexibility index (Phi) is 10.3. The van der Waals surface area contributed by atoms with E-state index in [1.165, 1.54) is 0 Å². The predicted octanol–water partition coefficient (Wildman–Crippen LogP) is 1.13. The van der Waals surface area contributed by atoms with Gasteiger partial charge in [-0.25, -0.2) is 0 Å². The van der Waals surface area contributed by atoms with E-state index in [4.69, 9.17) is 14.5 Å². The van der Waals surface area contributed by atoms with Gasteiger partial charge in [-0.15, -0.1) is 0 Å². The van der Waals surface area contributed by atoms with E-state index in [2.05, 4.69) is 21.4 Å². The molecule has 0 fully saturated rings. The van der Waals surface area contributed by atoms with E-state index < -0.39 is 15.6 Å². The maximum atomic E-state index is 9.09. The van der Waals surface area contributed by atoms with Crippen molar-refractivity contribution in [3.63, 3.8) is 0 Å². The van der Waals surface area contributed by atoms with Crippen molar-refractivity contribution in [2.75, 3.05) is 0 Å².